The van der Waals surface area contributed by atoms with Gasteiger partial charge in [-0.1, -0.05) is 12.1 Å². The Morgan fingerprint density at radius 2 is 2.13 bits per heavy atom. The number of thiophene rings is 1. The van der Waals surface area contributed by atoms with Crippen LogP contribution in [-0.2, 0) is 0 Å². The van der Waals surface area contributed by atoms with Gasteiger partial charge in [0, 0.05) is 10.3 Å². The molecule has 2 aromatic rings. The van der Waals surface area contributed by atoms with Gasteiger partial charge in [-0.15, -0.1) is 11.3 Å². The fourth-order valence-electron chi connectivity index (χ4n) is 1.58. The molecule has 0 aliphatic carbocycles. The van der Waals surface area contributed by atoms with Gasteiger partial charge in [-0.05, 0) is 37.0 Å². The van der Waals surface area contributed by atoms with Crippen molar-refractivity contribution in [2.24, 2.45) is 0 Å². The lowest BCUT2D eigenvalue weighted by Gasteiger charge is -2.08. The van der Waals surface area contributed by atoms with E-state index < -0.39 is 0 Å². The monoisotopic (exact) mass is 219 g/mol. The van der Waals surface area contributed by atoms with Crippen molar-refractivity contribution in [3.63, 3.8) is 0 Å². The number of benzene rings is 1. The lowest BCUT2D eigenvalue weighted by atomic mass is 10.1. The molecule has 0 unspecified atom stereocenters. The van der Waals surface area contributed by atoms with Gasteiger partial charge in [-0.25, -0.2) is 0 Å². The van der Waals surface area contributed by atoms with Crippen LogP contribution in [0.5, 0.6) is 0 Å². The van der Waals surface area contributed by atoms with Crippen molar-refractivity contribution < 1.29 is 4.79 Å². The average Bonchev–Trinajstić information content (AvgIpc) is 2.63. The Morgan fingerprint density at radius 1 is 1.33 bits per heavy atom. The molecule has 0 aliphatic heterocycles. The van der Waals surface area contributed by atoms with Gasteiger partial charge in [0.25, 0.3) is 0 Å². The maximum absolute atomic E-state index is 11.9. The summed E-state index contributed by atoms with van der Waals surface area (Å²) in [6.07, 6.45) is 0. The molecule has 78 valence electrons. The number of carbonyl (C=O) groups excluding carboxylic acids is 1. The second-order valence-electron chi connectivity index (χ2n) is 3.81. The minimum absolute atomic E-state index is 0.188. The lowest BCUT2D eigenvalue weighted by Crippen LogP contribution is -2.21. The predicted octanol–water partition coefficient (Wildman–Crippen LogP) is 2.65. The molecule has 15 heavy (non-hydrogen) atoms. The van der Waals surface area contributed by atoms with E-state index in [2.05, 4.69) is 0 Å². The summed E-state index contributed by atoms with van der Waals surface area (Å²) in [5, 5.41) is 3.18. The molecule has 0 amide bonds. The Morgan fingerprint density at radius 3 is 2.87 bits per heavy atom. The predicted molar refractivity (Wildman–Crippen MR) is 64.7 cm³/mol. The first kappa shape index (κ1) is 10.3. The Balaban J connectivity index is 2.42. The largest absolute Gasteiger partial charge is 0.302 e. The summed E-state index contributed by atoms with van der Waals surface area (Å²) in [6.45, 7) is 0.469. The van der Waals surface area contributed by atoms with Crippen LogP contribution in [0.15, 0.2) is 29.6 Å². The summed E-state index contributed by atoms with van der Waals surface area (Å²) in [5.74, 6) is 0.188. The number of hydrogen-bond acceptors (Lipinski definition) is 3. The van der Waals surface area contributed by atoms with E-state index in [0.717, 1.165) is 15.6 Å². The molecule has 0 fully saturated rings. The number of ketones is 1. The van der Waals surface area contributed by atoms with E-state index in [1.807, 2.05) is 48.6 Å². The highest BCUT2D eigenvalue weighted by atomic mass is 32.1. The lowest BCUT2D eigenvalue weighted by molar-refractivity contribution is 0.0959. The van der Waals surface area contributed by atoms with E-state index in [1.165, 1.54) is 0 Å². The van der Waals surface area contributed by atoms with Gasteiger partial charge in [-0.2, -0.15) is 0 Å². The minimum atomic E-state index is 0.188. The highest BCUT2D eigenvalue weighted by molar-refractivity contribution is 7.17. The molecule has 2 rings (SSSR count). The van der Waals surface area contributed by atoms with E-state index in [0.29, 0.717) is 6.54 Å². The molecule has 1 aromatic carbocycles. The van der Waals surface area contributed by atoms with Crippen molar-refractivity contribution in [1.29, 1.82) is 0 Å². The number of likely N-dealkylation sites (N-methyl/N-ethyl adjacent to an activating group) is 1. The normalized spacial score (nSPS) is 11.1. The summed E-state index contributed by atoms with van der Waals surface area (Å²) < 4.78 is 1.10. The van der Waals surface area contributed by atoms with Crippen LogP contribution >= 0.6 is 11.3 Å². The zero-order valence-electron chi connectivity index (χ0n) is 8.86. The molecular weight excluding hydrogens is 206 g/mol. The summed E-state index contributed by atoms with van der Waals surface area (Å²) in [4.78, 5) is 13.8. The van der Waals surface area contributed by atoms with E-state index in [9.17, 15) is 4.79 Å². The SMILES string of the molecule is CN(C)CC(=O)c1cccc2ccsc12. The molecule has 3 heteroatoms. The number of fused-ring (bicyclic) bond motifs is 1. The Kier molecular flexibility index (Phi) is 2.84. The van der Waals surface area contributed by atoms with Crippen LogP contribution in [0.25, 0.3) is 10.1 Å². The van der Waals surface area contributed by atoms with E-state index in [4.69, 9.17) is 0 Å². The van der Waals surface area contributed by atoms with Crippen LogP contribution in [0.2, 0.25) is 0 Å². The molecule has 0 radical (unpaired) electrons. The highest BCUT2D eigenvalue weighted by Crippen LogP contribution is 2.24. The van der Waals surface area contributed by atoms with Crippen molar-refractivity contribution in [1.82, 2.24) is 4.90 Å². The van der Waals surface area contributed by atoms with E-state index in [-0.39, 0.29) is 5.78 Å². The Bertz CT molecular complexity index is 487. The molecule has 0 spiro atoms. The molecule has 0 aliphatic rings. The van der Waals surface area contributed by atoms with Gasteiger partial charge in [0.15, 0.2) is 5.78 Å². The van der Waals surface area contributed by atoms with Crippen molar-refractivity contribution in [2.45, 2.75) is 0 Å². The molecule has 0 atom stereocenters. The quantitative estimate of drug-likeness (QED) is 0.740. The fraction of sp³-hybridized carbons (Fsp3) is 0.250. The highest BCUT2D eigenvalue weighted by Gasteiger charge is 2.11. The third-order valence-electron chi connectivity index (χ3n) is 2.24. The van der Waals surface area contributed by atoms with Crippen LogP contribution in [0.4, 0.5) is 0 Å². The van der Waals surface area contributed by atoms with Crippen LogP contribution in [0.3, 0.4) is 0 Å². The van der Waals surface area contributed by atoms with Crippen LogP contribution in [0.1, 0.15) is 10.4 Å². The van der Waals surface area contributed by atoms with E-state index in [1.54, 1.807) is 11.3 Å². The number of carbonyl (C=O) groups is 1. The smallest absolute Gasteiger partial charge is 0.178 e. The zero-order valence-corrected chi connectivity index (χ0v) is 9.67. The molecule has 0 saturated heterocycles. The van der Waals surface area contributed by atoms with Gasteiger partial charge >= 0.3 is 0 Å². The first-order chi connectivity index (χ1) is 7.18. The second kappa shape index (κ2) is 4.13. The summed E-state index contributed by atoms with van der Waals surface area (Å²) >= 11 is 1.63. The van der Waals surface area contributed by atoms with Crippen molar-refractivity contribution >= 4 is 27.2 Å². The first-order valence-electron chi connectivity index (χ1n) is 4.82. The molecule has 2 nitrogen and oxygen atoms in total. The Labute approximate surface area is 93.1 Å². The van der Waals surface area contributed by atoms with Crippen LogP contribution in [0, 0.1) is 0 Å². The third kappa shape index (κ3) is 2.08. The molecule has 0 saturated carbocycles. The van der Waals surface area contributed by atoms with Gasteiger partial charge < -0.3 is 4.90 Å². The third-order valence-corrected chi connectivity index (χ3v) is 3.20. The van der Waals surface area contributed by atoms with Gasteiger partial charge in [0.2, 0.25) is 0 Å². The summed E-state index contributed by atoms with van der Waals surface area (Å²) in [6, 6.07) is 7.94. The maximum atomic E-state index is 11.9. The first-order valence-corrected chi connectivity index (χ1v) is 5.70. The minimum Gasteiger partial charge on any atom is -0.302 e. The number of rotatable bonds is 3. The second-order valence-corrected chi connectivity index (χ2v) is 4.72. The number of Topliss-reactive ketones (excluding diaryl/α,β-unsaturated/α-hetero) is 1. The molecule has 0 N–H and O–H groups in total. The van der Waals surface area contributed by atoms with Gasteiger partial charge in [0.1, 0.15) is 0 Å². The van der Waals surface area contributed by atoms with Gasteiger partial charge in [-0.3, -0.25) is 4.79 Å². The Hall–Kier alpha value is -1.19. The van der Waals surface area contributed by atoms with Crippen LogP contribution < -0.4 is 0 Å². The standard InChI is InChI=1S/C12H13NOS/c1-13(2)8-11(14)10-5-3-4-9-6-7-15-12(9)10/h3-7H,8H2,1-2H3. The fourth-order valence-corrected chi connectivity index (χ4v) is 2.52. The van der Waals surface area contributed by atoms with Crippen LogP contribution in [-0.4, -0.2) is 31.3 Å². The average molecular weight is 219 g/mol. The van der Waals surface area contributed by atoms with Crippen molar-refractivity contribution in [2.75, 3.05) is 20.6 Å². The van der Waals surface area contributed by atoms with Gasteiger partial charge in [0.05, 0.1) is 6.54 Å². The molecule has 1 heterocycles. The molecular formula is C12H13NOS. The zero-order chi connectivity index (χ0) is 10.8. The van der Waals surface area contributed by atoms with Crippen molar-refractivity contribution in [3.8, 4) is 0 Å². The molecule has 1 aromatic heterocycles. The maximum Gasteiger partial charge on any atom is 0.178 e. The van der Waals surface area contributed by atoms with Crippen molar-refractivity contribution in [3.05, 3.63) is 35.2 Å². The molecule has 0 bridgehead atoms. The number of hydrogen-bond donors (Lipinski definition) is 0. The summed E-state index contributed by atoms with van der Waals surface area (Å²) in [5.41, 5.74) is 0.844. The topological polar surface area (TPSA) is 20.3 Å². The van der Waals surface area contributed by atoms with E-state index >= 15 is 0 Å². The summed E-state index contributed by atoms with van der Waals surface area (Å²) in [7, 11) is 3.82. The number of nitrogens with zero attached hydrogens (tertiary/aromatic N) is 1.